The maximum atomic E-state index is 12.7. The number of carbonyl (C=O) groups excluding carboxylic acids is 1. The fourth-order valence-electron chi connectivity index (χ4n) is 3.41. The number of amides is 1. The molecule has 3 aromatic rings. The average Bonchev–Trinajstić information content (AvgIpc) is 3.28. The predicted octanol–water partition coefficient (Wildman–Crippen LogP) is 2.85. The van der Waals surface area contributed by atoms with Gasteiger partial charge in [-0.15, -0.1) is 0 Å². The van der Waals surface area contributed by atoms with Crippen molar-refractivity contribution in [2.75, 3.05) is 18.0 Å². The van der Waals surface area contributed by atoms with Crippen molar-refractivity contribution in [3.63, 3.8) is 0 Å². The van der Waals surface area contributed by atoms with Gasteiger partial charge in [-0.2, -0.15) is 5.10 Å². The van der Waals surface area contributed by atoms with Gasteiger partial charge in [0.05, 0.1) is 5.92 Å². The van der Waals surface area contributed by atoms with Crippen molar-refractivity contribution in [2.45, 2.75) is 19.4 Å². The van der Waals surface area contributed by atoms with E-state index < -0.39 is 0 Å². The summed E-state index contributed by atoms with van der Waals surface area (Å²) in [5.41, 5.74) is 0.921. The van der Waals surface area contributed by atoms with Crippen molar-refractivity contribution < 1.29 is 4.79 Å². The number of anilines is 1. The Morgan fingerprint density at radius 3 is 2.89 bits per heavy atom. The predicted molar refractivity (Wildman–Crippen MR) is 107 cm³/mol. The van der Waals surface area contributed by atoms with Crippen LogP contribution in [0, 0.1) is 5.92 Å². The number of piperidine rings is 1. The van der Waals surface area contributed by atoms with Crippen LogP contribution < -0.4 is 10.2 Å². The fraction of sp³-hybridized carbons (Fsp3) is 0.300. The zero-order valence-corrected chi connectivity index (χ0v) is 16.1. The van der Waals surface area contributed by atoms with Gasteiger partial charge < -0.3 is 10.2 Å². The second-order valence-electron chi connectivity index (χ2n) is 6.78. The van der Waals surface area contributed by atoms with Gasteiger partial charge in [-0.1, -0.05) is 29.8 Å². The zero-order chi connectivity index (χ0) is 19.3. The van der Waals surface area contributed by atoms with E-state index in [4.69, 9.17) is 11.6 Å². The summed E-state index contributed by atoms with van der Waals surface area (Å²) in [4.78, 5) is 23.5. The van der Waals surface area contributed by atoms with Crippen LogP contribution in [-0.2, 0) is 11.3 Å². The molecule has 1 unspecified atom stereocenters. The van der Waals surface area contributed by atoms with Gasteiger partial charge in [-0.3, -0.25) is 4.79 Å². The van der Waals surface area contributed by atoms with Crippen molar-refractivity contribution in [3.8, 4) is 5.82 Å². The first-order chi connectivity index (χ1) is 13.7. The van der Waals surface area contributed by atoms with Gasteiger partial charge in [0, 0.05) is 43.1 Å². The zero-order valence-electron chi connectivity index (χ0n) is 15.3. The summed E-state index contributed by atoms with van der Waals surface area (Å²) in [6, 6.07) is 11.3. The number of halogens is 1. The number of nitrogens with zero attached hydrogens (tertiary/aromatic N) is 5. The summed E-state index contributed by atoms with van der Waals surface area (Å²) in [6.45, 7) is 1.93. The first kappa shape index (κ1) is 18.4. The van der Waals surface area contributed by atoms with Crippen LogP contribution >= 0.6 is 11.6 Å². The number of rotatable bonds is 5. The average molecular weight is 397 g/mol. The lowest BCUT2D eigenvalue weighted by Gasteiger charge is -2.33. The van der Waals surface area contributed by atoms with Gasteiger partial charge in [0.2, 0.25) is 5.91 Å². The van der Waals surface area contributed by atoms with Gasteiger partial charge in [-0.25, -0.2) is 14.6 Å². The Kier molecular flexibility index (Phi) is 5.53. The van der Waals surface area contributed by atoms with Crippen molar-refractivity contribution in [2.24, 2.45) is 5.92 Å². The molecule has 3 heterocycles. The van der Waals surface area contributed by atoms with Crippen molar-refractivity contribution in [3.05, 3.63) is 65.7 Å². The number of hydrogen-bond donors (Lipinski definition) is 1. The molecule has 0 bridgehead atoms. The molecule has 7 nitrogen and oxygen atoms in total. The van der Waals surface area contributed by atoms with Crippen LogP contribution in [0.1, 0.15) is 18.4 Å². The SMILES string of the molecule is O=C(NCc1ccccc1Cl)C1CCCN(c2cc(-n3cccn3)ncn2)C1. The quantitative estimate of drug-likeness (QED) is 0.717. The van der Waals surface area contributed by atoms with Gasteiger partial charge in [0.1, 0.15) is 12.1 Å². The van der Waals surface area contributed by atoms with E-state index in [1.807, 2.05) is 42.6 Å². The van der Waals surface area contributed by atoms with Crippen molar-refractivity contribution >= 4 is 23.3 Å². The smallest absolute Gasteiger partial charge is 0.225 e. The highest BCUT2D eigenvalue weighted by molar-refractivity contribution is 6.31. The molecule has 0 aliphatic carbocycles. The lowest BCUT2D eigenvalue weighted by atomic mass is 9.97. The Bertz CT molecular complexity index is 945. The molecule has 144 valence electrons. The molecular weight excluding hydrogens is 376 g/mol. The summed E-state index contributed by atoms with van der Waals surface area (Å²) in [7, 11) is 0. The van der Waals surface area contributed by atoms with E-state index in [0.29, 0.717) is 23.9 Å². The Labute approximate surface area is 168 Å². The number of hydrogen-bond acceptors (Lipinski definition) is 5. The molecule has 28 heavy (non-hydrogen) atoms. The summed E-state index contributed by atoms with van der Waals surface area (Å²) in [5.74, 6) is 1.48. The molecule has 4 rings (SSSR count). The molecule has 2 aromatic heterocycles. The van der Waals surface area contributed by atoms with Gasteiger partial charge >= 0.3 is 0 Å². The molecule has 1 N–H and O–H groups in total. The third kappa shape index (κ3) is 4.14. The molecule has 1 amide bonds. The van der Waals surface area contributed by atoms with E-state index >= 15 is 0 Å². The summed E-state index contributed by atoms with van der Waals surface area (Å²) < 4.78 is 1.70. The molecule has 1 atom stereocenters. The molecule has 0 radical (unpaired) electrons. The number of nitrogens with one attached hydrogen (secondary N) is 1. The second-order valence-corrected chi connectivity index (χ2v) is 7.19. The van der Waals surface area contributed by atoms with Crippen LogP contribution in [0.4, 0.5) is 5.82 Å². The van der Waals surface area contributed by atoms with Crippen LogP contribution in [0.3, 0.4) is 0 Å². The first-order valence-electron chi connectivity index (χ1n) is 9.29. The van der Waals surface area contributed by atoms with E-state index in [0.717, 1.165) is 30.8 Å². The van der Waals surface area contributed by atoms with Gasteiger partial charge in [-0.05, 0) is 30.5 Å². The first-order valence-corrected chi connectivity index (χ1v) is 9.66. The molecule has 1 aliphatic rings. The largest absolute Gasteiger partial charge is 0.356 e. The maximum Gasteiger partial charge on any atom is 0.225 e. The van der Waals surface area contributed by atoms with E-state index in [-0.39, 0.29) is 11.8 Å². The minimum Gasteiger partial charge on any atom is -0.356 e. The van der Waals surface area contributed by atoms with Gasteiger partial charge in [0.15, 0.2) is 5.82 Å². The minimum atomic E-state index is -0.0839. The Hall–Kier alpha value is -2.93. The molecule has 1 saturated heterocycles. The minimum absolute atomic E-state index is 0.0472. The molecule has 1 aromatic carbocycles. The van der Waals surface area contributed by atoms with E-state index in [2.05, 4.69) is 25.3 Å². The third-order valence-corrected chi connectivity index (χ3v) is 5.27. The summed E-state index contributed by atoms with van der Waals surface area (Å²) >= 11 is 6.17. The van der Waals surface area contributed by atoms with Gasteiger partial charge in [0.25, 0.3) is 0 Å². The van der Waals surface area contributed by atoms with Crippen molar-refractivity contribution in [1.82, 2.24) is 25.1 Å². The second kappa shape index (κ2) is 8.39. The van der Waals surface area contributed by atoms with Crippen molar-refractivity contribution in [1.29, 1.82) is 0 Å². The third-order valence-electron chi connectivity index (χ3n) is 4.90. The molecule has 0 spiro atoms. The van der Waals surface area contributed by atoms with E-state index in [1.54, 1.807) is 10.9 Å². The fourth-order valence-corrected chi connectivity index (χ4v) is 3.61. The number of benzene rings is 1. The molecule has 1 fully saturated rings. The lowest BCUT2D eigenvalue weighted by molar-refractivity contribution is -0.125. The van der Waals surface area contributed by atoms with Crippen LogP contribution in [0.25, 0.3) is 5.82 Å². The summed E-state index contributed by atoms with van der Waals surface area (Å²) in [5, 5.41) is 7.89. The number of carbonyl (C=O) groups is 1. The van der Waals surface area contributed by atoms with E-state index in [1.165, 1.54) is 6.33 Å². The highest BCUT2D eigenvalue weighted by Crippen LogP contribution is 2.23. The molecule has 8 heteroatoms. The molecule has 1 aliphatic heterocycles. The highest BCUT2D eigenvalue weighted by atomic mass is 35.5. The summed E-state index contributed by atoms with van der Waals surface area (Å²) in [6.07, 6.45) is 6.88. The Balaban J connectivity index is 1.41. The normalized spacial score (nSPS) is 16.8. The molecular formula is C20H21ClN6O. The van der Waals surface area contributed by atoms with Crippen LogP contribution in [0.2, 0.25) is 5.02 Å². The molecule has 0 saturated carbocycles. The number of aromatic nitrogens is 4. The van der Waals surface area contributed by atoms with Crippen LogP contribution in [-0.4, -0.2) is 38.7 Å². The Morgan fingerprint density at radius 1 is 1.21 bits per heavy atom. The standard InChI is InChI=1S/C20H21ClN6O/c21-17-7-2-1-5-15(17)12-22-20(28)16-6-3-9-26(13-16)18-11-19(24-14-23-18)27-10-4-8-25-27/h1-2,4-5,7-8,10-11,14,16H,3,6,9,12-13H2,(H,22,28). The Morgan fingerprint density at radius 2 is 2.07 bits per heavy atom. The maximum absolute atomic E-state index is 12.7. The topological polar surface area (TPSA) is 75.9 Å². The van der Waals surface area contributed by atoms with Crippen LogP contribution in [0.15, 0.2) is 55.1 Å². The lowest BCUT2D eigenvalue weighted by Crippen LogP contribution is -2.43. The van der Waals surface area contributed by atoms with Crippen LogP contribution in [0.5, 0.6) is 0 Å². The monoisotopic (exact) mass is 396 g/mol. The van der Waals surface area contributed by atoms with E-state index in [9.17, 15) is 4.79 Å². The highest BCUT2D eigenvalue weighted by Gasteiger charge is 2.26.